The minimum atomic E-state index is -0.960. The first kappa shape index (κ1) is 27.7. The molecular formula is C30H34FNO6. The Hall–Kier alpha value is -3.33. The van der Waals surface area contributed by atoms with E-state index in [1.807, 2.05) is 19.1 Å². The van der Waals surface area contributed by atoms with Crippen molar-refractivity contribution < 1.29 is 34.0 Å². The lowest BCUT2D eigenvalue weighted by atomic mass is 9.68. The molecule has 2 aliphatic rings. The molecule has 2 amide bonds. The number of aliphatic hydroxyl groups is 2. The standard InChI is InChI=1S/C30H34FNO6/c1-3-18(13-19-10-11-25(34)24(31)14-19)9-12-26(35)27-20(17-38-2)15-22-28(23(27)16-33)30(37)32(29(22)36)21-7-5-4-6-8-21/h4-8,10-11,13-14,22-23,26,28,33-35H,3,9,12,15-17H2,1-2H3/b18-13+/t22-,23+,26-,28-/m1/s1. The Morgan fingerprint density at radius 2 is 1.92 bits per heavy atom. The van der Waals surface area contributed by atoms with Crippen LogP contribution >= 0.6 is 0 Å². The molecule has 0 saturated carbocycles. The summed E-state index contributed by atoms with van der Waals surface area (Å²) in [6, 6.07) is 12.9. The van der Waals surface area contributed by atoms with Gasteiger partial charge in [-0.15, -0.1) is 0 Å². The molecule has 0 aromatic heterocycles. The van der Waals surface area contributed by atoms with E-state index < -0.39 is 35.4 Å². The maximum absolute atomic E-state index is 13.8. The van der Waals surface area contributed by atoms with E-state index in [0.717, 1.165) is 11.1 Å². The van der Waals surface area contributed by atoms with Crippen molar-refractivity contribution in [1.29, 1.82) is 0 Å². The fraction of sp³-hybridized carbons (Fsp3) is 0.400. The Morgan fingerprint density at radius 1 is 1.18 bits per heavy atom. The van der Waals surface area contributed by atoms with Gasteiger partial charge in [0, 0.05) is 13.0 Å². The van der Waals surface area contributed by atoms with Gasteiger partial charge in [-0.1, -0.05) is 42.8 Å². The van der Waals surface area contributed by atoms with Crippen LogP contribution in [0.4, 0.5) is 10.1 Å². The number of halogens is 1. The van der Waals surface area contributed by atoms with Gasteiger partial charge in [0.15, 0.2) is 11.6 Å². The maximum Gasteiger partial charge on any atom is 0.238 e. The van der Waals surface area contributed by atoms with E-state index in [9.17, 15) is 29.3 Å². The van der Waals surface area contributed by atoms with Gasteiger partial charge in [0.1, 0.15) is 0 Å². The van der Waals surface area contributed by atoms with E-state index in [1.54, 1.807) is 30.3 Å². The summed E-state index contributed by atoms with van der Waals surface area (Å²) in [6.45, 7) is 1.77. The van der Waals surface area contributed by atoms with Crippen molar-refractivity contribution in [3.05, 3.63) is 76.6 Å². The molecule has 1 aliphatic carbocycles. The topological polar surface area (TPSA) is 107 Å². The molecule has 3 N–H and O–H groups in total. The van der Waals surface area contributed by atoms with Gasteiger partial charge in [-0.25, -0.2) is 4.39 Å². The van der Waals surface area contributed by atoms with Crippen LogP contribution in [0.1, 0.15) is 38.2 Å². The van der Waals surface area contributed by atoms with Crippen LogP contribution in [-0.2, 0) is 14.3 Å². The van der Waals surface area contributed by atoms with Gasteiger partial charge < -0.3 is 20.1 Å². The van der Waals surface area contributed by atoms with E-state index >= 15 is 0 Å². The normalized spacial score (nSPS) is 22.7. The van der Waals surface area contributed by atoms with Crippen molar-refractivity contribution >= 4 is 23.6 Å². The molecule has 38 heavy (non-hydrogen) atoms. The molecule has 0 bridgehead atoms. The Morgan fingerprint density at radius 3 is 2.55 bits per heavy atom. The van der Waals surface area contributed by atoms with Crippen LogP contribution in [0.3, 0.4) is 0 Å². The maximum atomic E-state index is 13.8. The number of fused-ring (bicyclic) bond motifs is 1. The number of nitrogens with zero attached hydrogens (tertiary/aromatic N) is 1. The highest BCUT2D eigenvalue weighted by atomic mass is 19.1. The van der Waals surface area contributed by atoms with Gasteiger partial charge >= 0.3 is 0 Å². The number of allylic oxidation sites excluding steroid dienone is 1. The van der Waals surface area contributed by atoms with Crippen molar-refractivity contribution in [3.63, 3.8) is 0 Å². The number of aromatic hydroxyl groups is 1. The number of imide groups is 1. The molecule has 2 aromatic carbocycles. The van der Waals surface area contributed by atoms with E-state index in [0.29, 0.717) is 36.1 Å². The highest BCUT2D eigenvalue weighted by Gasteiger charge is 2.55. The third kappa shape index (κ3) is 5.43. The van der Waals surface area contributed by atoms with Crippen LogP contribution in [0.2, 0.25) is 0 Å². The SMILES string of the molecule is CC/C(=C\c1ccc(O)c(F)c1)CC[C@@H](O)C1=C(COC)C[C@H]2C(=O)N(c3ccccc3)C(=O)[C@H]2[C@H]1CO. The second-order valence-corrected chi connectivity index (χ2v) is 9.89. The number of ether oxygens (including phenoxy) is 1. The number of anilines is 1. The minimum Gasteiger partial charge on any atom is -0.505 e. The predicted octanol–water partition coefficient (Wildman–Crippen LogP) is 4.23. The molecule has 1 saturated heterocycles. The van der Waals surface area contributed by atoms with Crippen LogP contribution in [0.15, 0.2) is 65.3 Å². The molecule has 0 unspecified atom stereocenters. The summed E-state index contributed by atoms with van der Waals surface area (Å²) < 4.78 is 19.2. The van der Waals surface area contributed by atoms with E-state index in [-0.39, 0.29) is 31.4 Å². The quantitative estimate of drug-likeness (QED) is 0.318. The number of hydrogen-bond donors (Lipinski definition) is 3. The summed E-state index contributed by atoms with van der Waals surface area (Å²) in [5, 5.41) is 31.2. The molecule has 1 fully saturated rings. The molecule has 1 aliphatic heterocycles. The fourth-order valence-electron chi connectivity index (χ4n) is 5.77. The molecule has 0 radical (unpaired) electrons. The predicted molar refractivity (Wildman–Crippen MR) is 142 cm³/mol. The van der Waals surface area contributed by atoms with Gasteiger partial charge in [0.2, 0.25) is 11.8 Å². The molecule has 4 atom stereocenters. The Balaban J connectivity index is 1.59. The summed E-state index contributed by atoms with van der Waals surface area (Å²) in [4.78, 5) is 28.1. The number of hydrogen-bond acceptors (Lipinski definition) is 6. The summed E-state index contributed by atoms with van der Waals surface area (Å²) in [5.74, 6) is -3.88. The lowest BCUT2D eigenvalue weighted by Crippen LogP contribution is -2.39. The molecular weight excluding hydrogens is 489 g/mol. The summed E-state index contributed by atoms with van der Waals surface area (Å²) in [7, 11) is 1.53. The largest absolute Gasteiger partial charge is 0.505 e. The van der Waals surface area contributed by atoms with Crippen LogP contribution in [-0.4, -0.2) is 53.6 Å². The third-order valence-electron chi connectivity index (χ3n) is 7.61. The zero-order valence-corrected chi connectivity index (χ0v) is 21.6. The summed E-state index contributed by atoms with van der Waals surface area (Å²) in [6.07, 6.45) is 2.64. The Bertz CT molecular complexity index is 1240. The number of rotatable bonds is 10. The number of amides is 2. The average molecular weight is 524 g/mol. The first-order valence-corrected chi connectivity index (χ1v) is 12.9. The fourth-order valence-corrected chi connectivity index (χ4v) is 5.77. The van der Waals surface area contributed by atoms with Gasteiger partial charge in [-0.2, -0.15) is 0 Å². The molecule has 4 rings (SSSR count). The second kappa shape index (κ2) is 12.0. The first-order valence-electron chi connectivity index (χ1n) is 12.9. The van der Waals surface area contributed by atoms with Crippen molar-refractivity contribution in [3.8, 4) is 5.75 Å². The number of methoxy groups -OCH3 is 1. The van der Waals surface area contributed by atoms with Crippen molar-refractivity contribution in [1.82, 2.24) is 0 Å². The molecule has 1 heterocycles. The third-order valence-corrected chi connectivity index (χ3v) is 7.61. The van der Waals surface area contributed by atoms with Crippen LogP contribution < -0.4 is 4.90 Å². The van der Waals surface area contributed by atoms with E-state index in [4.69, 9.17) is 4.74 Å². The summed E-state index contributed by atoms with van der Waals surface area (Å²) in [5.41, 5.74) is 3.37. The number of carbonyl (C=O) groups is 2. The van der Waals surface area contributed by atoms with Crippen LogP contribution in [0.25, 0.3) is 6.08 Å². The lowest BCUT2D eigenvalue weighted by molar-refractivity contribution is -0.123. The Labute approximate surface area is 221 Å². The number of benzene rings is 2. The lowest BCUT2D eigenvalue weighted by Gasteiger charge is -2.36. The zero-order valence-electron chi connectivity index (χ0n) is 21.6. The first-order chi connectivity index (χ1) is 18.3. The van der Waals surface area contributed by atoms with Gasteiger partial charge in [0.25, 0.3) is 0 Å². The minimum absolute atomic E-state index is 0.183. The summed E-state index contributed by atoms with van der Waals surface area (Å²) >= 11 is 0. The monoisotopic (exact) mass is 523 g/mol. The Kier molecular flexibility index (Phi) is 8.76. The molecule has 0 spiro atoms. The van der Waals surface area contributed by atoms with Crippen molar-refractivity contribution in [2.75, 3.05) is 25.2 Å². The van der Waals surface area contributed by atoms with Gasteiger partial charge in [0.05, 0.1) is 36.8 Å². The number of carbonyl (C=O) groups excluding carboxylic acids is 2. The molecule has 2 aromatic rings. The molecule has 8 heteroatoms. The molecule has 7 nitrogen and oxygen atoms in total. The zero-order chi connectivity index (χ0) is 27.4. The van der Waals surface area contributed by atoms with Gasteiger partial charge in [-0.05, 0) is 66.7 Å². The highest BCUT2D eigenvalue weighted by Crippen LogP contribution is 2.47. The van der Waals surface area contributed by atoms with Crippen molar-refractivity contribution in [2.24, 2.45) is 17.8 Å². The highest BCUT2D eigenvalue weighted by molar-refractivity contribution is 6.22. The number of aliphatic hydroxyl groups excluding tert-OH is 2. The smallest absolute Gasteiger partial charge is 0.238 e. The number of para-hydroxylation sites is 1. The van der Waals surface area contributed by atoms with Crippen LogP contribution in [0, 0.1) is 23.6 Å². The van der Waals surface area contributed by atoms with E-state index in [1.165, 1.54) is 24.1 Å². The second-order valence-electron chi connectivity index (χ2n) is 9.89. The average Bonchev–Trinajstić information content (AvgIpc) is 3.17. The van der Waals surface area contributed by atoms with Crippen molar-refractivity contribution in [2.45, 2.75) is 38.7 Å². The molecule has 202 valence electrons. The number of phenolic OH excluding ortho intramolecular Hbond substituents is 1. The number of phenols is 1. The van der Waals surface area contributed by atoms with E-state index in [2.05, 4.69) is 0 Å². The van der Waals surface area contributed by atoms with Crippen LogP contribution in [0.5, 0.6) is 5.75 Å². The van der Waals surface area contributed by atoms with Gasteiger partial charge in [-0.3, -0.25) is 14.5 Å².